The standard InChI is InChI=1S/C26H32N4O2/c27-15-6-11-23(28)25(31)30-24(26(32)29-16-14-19-7-2-1-3-8-19)18-20-12-13-21-9-4-5-10-22(21)17-20/h1-5,7-10,12-13,17,23-24H,6,11,14-16,18,27-28H2,(H,29,32)(H,30,31)/t23-,24-/m1/s1. The summed E-state index contributed by atoms with van der Waals surface area (Å²) >= 11 is 0. The largest absolute Gasteiger partial charge is 0.354 e. The second-order valence-corrected chi connectivity index (χ2v) is 8.01. The third-order valence-corrected chi connectivity index (χ3v) is 5.50. The predicted octanol–water partition coefficient (Wildman–Crippen LogP) is 2.29. The molecule has 0 aliphatic rings. The van der Waals surface area contributed by atoms with E-state index in [1.165, 1.54) is 0 Å². The van der Waals surface area contributed by atoms with Crippen molar-refractivity contribution in [3.8, 4) is 0 Å². The molecule has 32 heavy (non-hydrogen) atoms. The van der Waals surface area contributed by atoms with Gasteiger partial charge in [-0.2, -0.15) is 0 Å². The molecule has 6 N–H and O–H groups in total. The maximum Gasteiger partial charge on any atom is 0.242 e. The van der Waals surface area contributed by atoms with E-state index < -0.39 is 12.1 Å². The fourth-order valence-corrected chi connectivity index (χ4v) is 3.66. The molecule has 0 fully saturated rings. The summed E-state index contributed by atoms with van der Waals surface area (Å²) in [5.74, 6) is -0.545. The van der Waals surface area contributed by atoms with Gasteiger partial charge in [-0.1, -0.05) is 72.8 Å². The molecule has 2 amide bonds. The highest BCUT2D eigenvalue weighted by atomic mass is 16.2. The van der Waals surface area contributed by atoms with E-state index in [9.17, 15) is 9.59 Å². The van der Waals surface area contributed by atoms with Crippen molar-refractivity contribution in [2.45, 2.75) is 37.8 Å². The number of rotatable bonds is 11. The van der Waals surface area contributed by atoms with E-state index in [1.807, 2.05) is 66.7 Å². The Balaban J connectivity index is 1.68. The highest BCUT2D eigenvalue weighted by molar-refractivity contribution is 5.90. The third kappa shape index (κ3) is 6.90. The van der Waals surface area contributed by atoms with Crippen LogP contribution in [0.1, 0.15) is 24.0 Å². The first-order chi connectivity index (χ1) is 15.6. The first-order valence-electron chi connectivity index (χ1n) is 11.1. The van der Waals surface area contributed by atoms with E-state index in [-0.39, 0.29) is 11.8 Å². The van der Waals surface area contributed by atoms with Gasteiger partial charge in [-0.3, -0.25) is 9.59 Å². The predicted molar refractivity (Wildman–Crippen MR) is 129 cm³/mol. The van der Waals surface area contributed by atoms with Crippen LogP contribution in [0, 0.1) is 0 Å². The van der Waals surface area contributed by atoms with Gasteiger partial charge in [0.25, 0.3) is 0 Å². The second kappa shape index (κ2) is 12.0. The van der Waals surface area contributed by atoms with Gasteiger partial charge in [-0.05, 0) is 47.7 Å². The van der Waals surface area contributed by atoms with Crippen LogP contribution in [-0.4, -0.2) is 37.0 Å². The van der Waals surface area contributed by atoms with Crippen LogP contribution in [0.4, 0.5) is 0 Å². The smallest absolute Gasteiger partial charge is 0.242 e. The Labute approximate surface area is 189 Å². The van der Waals surface area contributed by atoms with E-state index in [4.69, 9.17) is 11.5 Å². The maximum atomic E-state index is 13.0. The Bertz CT molecular complexity index is 1020. The number of nitrogens with one attached hydrogen (secondary N) is 2. The molecule has 6 heteroatoms. The van der Waals surface area contributed by atoms with Crippen molar-refractivity contribution >= 4 is 22.6 Å². The summed E-state index contributed by atoms with van der Waals surface area (Å²) in [7, 11) is 0. The summed E-state index contributed by atoms with van der Waals surface area (Å²) in [6.45, 7) is 0.966. The molecule has 6 nitrogen and oxygen atoms in total. The summed E-state index contributed by atoms with van der Waals surface area (Å²) in [4.78, 5) is 25.6. The lowest BCUT2D eigenvalue weighted by atomic mass is 10.0. The fourth-order valence-electron chi connectivity index (χ4n) is 3.66. The molecule has 0 aromatic heterocycles. The number of hydrogen-bond donors (Lipinski definition) is 4. The molecule has 0 radical (unpaired) electrons. The number of nitrogens with two attached hydrogens (primary N) is 2. The monoisotopic (exact) mass is 432 g/mol. The van der Waals surface area contributed by atoms with Crippen molar-refractivity contribution in [2.24, 2.45) is 11.5 Å². The van der Waals surface area contributed by atoms with E-state index in [0.717, 1.165) is 28.3 Å². The number of carbonyl (C=O) groups excluding carboxylic acids is 2. The zero-order chi connectivity index (χ0) is 22.8. The highest BCUT2D eigenvalue weighted by Crippen LogP contribution is 2.17. The molecule has 0 aliphatic heterocycles. The van der Waals surface area contributed by atoms with E-state index in [0.29, 0.717) is 32.4 Å². The Morgan fingerprint density at radius 2 is 1.56 bits per heavy atom. The molecule has 168 valence electrons. The molecule has 2 atom stereocenters. The first-order valence-corrected chi connectivity index (χ1v) is 11.1. The van der Waals surface area contributed by atoms with E-state index in [2.05, 4.69) is 16.7 Å². The molecule has 0 spiro atoms. The van der Waals surface area contributed by atoms with Crippen LogP contribution in [0.3, 0.4) is 0 Å². The Morgan fingerprint density at radius 3 is 2.31 bits per heavy atom. The summed E-state index contributed by atoms with van der Waals surface area (Å²) < 4.78 is 0. The Morgan fingerprint density at radius 1 is 0.844 bits per heavy atom. The molecule has 0 saturated heterocycles. The van der Waals surface area contributed by atoms with Crippen molar-refractivity contribution < 1.29 is 9.59 Å². The van der Waals surface area contributed by atoms with Gasteiger partial charge in [-0.25, -0.2) is 0 Å². The second-order valence-electron chi connectivity index (χ2n) is 8.01. The number of amides is 2. The van der Waals surface area contributed by atoms with Crippen LogP contribution in [0.25, 0.3) is 10.8 Å². The van der Waals surface area contributed by atoms with Gasteiger partial charge < -0.3 is 22.1 Å². The third-order valence-electron chi connectivity index (χ3n) is 5.50. The van der Waals surface area contributed by atoms with Crippen molar-refractivity contribution in [3.05, 3.63) is 83.9 Å². The van der Waals surface area contributed by atoms with Gasteiger partial charge in [0.05, 0.1) is 6.04 Å². The quantitative estimate of drug-likeness (QED) is 0.373. The molecule has 0 bridgehead atoms. The minimum absolute atomic E-state index is 0.214. The van der Waals surface area contributed by atoms with Gasteiger partial charge in [-0.15, -0.1) is 0 Å². The zero-order valence-electron chi connectivity index (χ0n) is 18.3. The lowest BCUT2D eigenvalue weighted by molar-refractivity contribution is -0.129. The molecule has 3 aromatic carbocycles. The number of fused-ring (bicyclic) bond motifs is 1. The summed E-state index contributed by atoms with van der Waals surface area (Å²) in [5, 5.41) is 8.04. The SMILES string of the molecule is NCCC[C@@H](N)C(=O)N[C@H](Cc1ccc2ccccc2c1)C(=O)NCCc1ccccc1. The molecule has 0 unspecified atom stereocenters. The molecule has 0 aliphatic carbocycles. The zero-order valence-corrected chi connectivity index (χ0v) is 18.3. The first kappa shape index (κ1) is 23.4. The Hall–Kier alpha value is -3.22. The van der Waals surface area contributed by atoms with Crippen LogP contribution in [0.15, 0.2) is 72.8 Å². The van der Waals surface area contributed by atoms with Crippen molar-refractivity contribution in [2.75, 3.05) is 13.1 Å². The molecular weight excluding hydrogens is 400 g/mol. The lowest BCUT2D eigenvalue weighted by Crippen LogP contribution is -2.52. The van der Waals surface area contributed by atoms with Crippen molar-refractivity contribution in [3.63, 3.8) is 0 Å². The highest BCUT2D eigenvalue weighted by Gasteiger charge is 2.24. The molecule has 3 aromatic rings. The van der Waals surface area contributed by atoms with Crippen LogP contribution in [-0.2, 0) is 22.4 Å². The van der Waals surface area contributed by atoms with E-state index >= 15 is 0 Å². The minimum Gasteiger partial charge on any atom is -0.354 e. The minimum atomic E-state index is -0.705. The number of hydrogen-bond acceptors (Lipinski definition) is 4. The number of benzene rings is 3. The number of carbonyl (C=O) groups is 2. The fraction of sp³-hybridized carbons (Fsp3) is 0.308. The summed E-state index contributed by atoms with van der Waals surface area (Å²) in [5.41, 5.74) is 13.6. The summed E-state index contributed by atoms with van der Waals surface area (Å²) in [6.07, 6.45) is 2.25. The van der Waals surface area contributed by atoms with Gasteiger partial charge in [0.1, 0.15) is 6.04 Å². The topological polar surface area (TPSA) is 110 Å². The Kier molecular flexibility index (Phi) is 8.78. The average molecular weight is 433 g/mol. The normalized spacial score (nSPS) is 12.8. The van der Waals surface area contributed by atoms with Gasteiger partial charge in [0.15, 0.2) is 0 Å². The van der Waals surface area contributed by atoms with Crippen LogP contribution in [0.2, 0.25) is 0 Å². The van der Waals surface area contributed by atoms with Gasteiger partial charge in [0.2, 0.25) is 11.8 Å². The van der Waals surface area contributed by atoms with Crippen molar-refractivity contribution in [1.29, 1.82) is 0 Å². The van der Waals surface area contributed by atoms with Crippen LogP contribution >= 0.6 is 0 Å². The lowest BCUT2D eigenvalue weighted by Gasteiger charge is -2.21. The summed E-state index contributed by atoms with van der Waals surface area (Å²) in [6, 6.07) is 22.7. The average Bonchev–Trinajstić information content (AvgIpc) is 2.82. The van der Waals surface area contributed by atoms with Crippen LogP contribution in [0.5, 0.6) is 0 Å². The van der Waals surface area contributed by atoms with Crippen LogP contribution < -0.4 is 22.1 Å². The van der Waals surface area contributed by atoms with Gasteiger partial charge in [0, 0.05) is 13.0 Å². The molecular formula is C26H32N4O2. The maximum absolute atomic E-state index is 13.0. The van der Waals surface area contributed by atoms with Gasteiger partial charge >= 0.3 is 0 Å². The molecule has 3 rings (SSSR count). The molecule has 0 heterocycles. The molecule has 0 saturated carbocycles. The van der Waals surface area contributed by atoms with Crippen molar-refractivity contribution in [1.82, 2.24) is 10.6 Å². The van der Waals surface area contributed by atoms with E-state index in [1.54, 1.807) is 0 Å².